The Morgan fingerprint density at radius 2 is 1.96 bits per heavy atom. The van der Waals surface area contributed by atoms with Crippen molar-refractivity contribution in [1.29, 1.82) is 0 Å². The second-order valence-electron chi connectivity index (χ2n) is 5.72. The minimum Gasteiger partial charge on any atom is -0.369 e. The van der Waals surface area contributed by atoms with E-state index in [-0.39, 0.29) is 5.91 Å². The normalized spacial score (nSPS) is 13.7. The molecule has 0 saturated heterocycles. The second kappa shape index (κ2) is 7.04. The number of hydrogen-bond donors (Lipinski definition) is 2. The lowest BCUT2D eigenvalue weighted by Gasteiger charge is -2.12. The number of pyridine rings is 1. The summed E-state index contributed by atoms with van der Waals surface area (Å²) in [5.41, 5.74) is 2.53. The lowest BCUT2D eigenvalue weighted by Crippen LogP contribution is -2.21. The number of aromatic nitrogens is 1. The van der Waals surface area contributed by atoms with Gasteiger partial charge < -0.3 is 10.6 Å². The fourth-order valence-corrected chi connectivity index (χ4v) is 2.81. The molecule has 0 bridgehead atoms. The van der Waals surface area contributed by atoms with Crippen LogP contribution in [0, 0.1) is 5.92 Å². The molecule has 0 aliphatic heterocycles. The summed E-state index contributed by atoms with van der Waals surface area (Å²) in [6, 6.07) is 12.1. The van der Waals surface area contributed by atoms with Crippen molar-refractivity contribution in [3.05, 3.63) is 42.0 Å². The highest BCUT2D eigenvalue weighted by atomic mass is 32.2. The number of thioether (sulfide) groups is 1. The van der Waals surface area contributed by atoms with Crippen molar-refractivity contribution in [2.75, 3.05) is 25.2 Å². The molecule has 1 fully saturated rings. The predicted octanol–water partition coefficient (Wildman–Crippen LogP) is 3.65. The van der Waals surface area contributed by atoms with Gasteiger partial charge in [0, 0.05) is 24.1 Å². The van der Waals surface area contributed by atoms with E-state index in [0.29, 0.717) is 11.4 Å². The summed E-state index contributed by atoms with van der Waals surface area (Å²) in [4.78, 5) is 17.9. The van der Waals surface area contributed by atoms with Crippen molar-refractivity contribution < 1.29 is 4.79 Å². The molecule has 120 valence electrons. The summed E-state index contributed by atoms with van der Waals surface area (Å²) in [6.07, 6.45) is 4.58. The van der Waals surface area contributed by atoms with E-state index >= 15 is 0 Å². The monoisotopic (exact) mass is 327 g/mol. The third kappa shape index (κ3) is 3.85. The van der Waals surface area contributed by atoms with Crippen LogP contribution in [0.15, 0.2) is 41.3 Å². The maximum absolute atomic E-state index is 12.0. The maximum atomic E-state index is 12.0. The molecule has 0 atom stereocenters. The Hall–Kier alpha value is -2.01. The van der Waals surface area contributed by atoms with E-state index in [9.17, 15) is 4.79 Å². The Bertz CT molecular complexity index is 696. The highest BCUT2D eigenvalue weighted by Crippen LogP contribution is 2.30. The van der Waals surface area contributed by atoms with Crippen molar-refractivity contribution in [3.8, 4) is 11.3 Å². The first kappa shape index (κ1) is 15.9. The van der Waals surface area contributed by atoms with Crippen LogP contribution in [0.3, 0.4) is 0 Å². The molecule has 0 spiro atoms. The number of nitrogens with one attached hydrogen (secondary N) is 2. The molecular weight excluding hydrogens is 306 g/mol. The lowest BCUT2D eigenvalue weighted by molar-refractivity contribution is 0.0963. The van der Waals surface area contributed by atoms with Crippen LogP contribution in [-0.2, 0) is 0 Å². The maximum Gasteiger partial charge on any atom is 0.254 e. The summed E-state index contributed by atoms with van der Waals surface area (Å²) in [5.74, 6) is 1.28. The number of carbonyl (C=O) groups is 1. The van der Waals surface area contributed by atoms with Crippen LogP contribution in [0.25, 0.3) is 11.3 Å². The average Bonchev–Trinajstić information content (AvgIpc) is 3.43. The fourth-order valence-electron chi connectivity index (χ4n) is 2.40. The average molecular weight is 327 g/mol. The second-order valence-corrected chi connectivity index (χ2v) is 6.60. The minimum absolute atomic E-state index is 0.111. The minimum atomic E-state index is -0.111. The lowest BCUT2D eigenvalue weighted by atomic mass is 10.1. The molecule has 2 N–H and O–H groups in total. The molecule has 2 aromatic rings. The Morgan fingerprint density at radius 3 is 2.57 bits per heavy atom. The molecule has 4 nitrogen and oxygen atoms in total. The first-order chi connectivity index (χ1) is 11.2. The van der Waals surface area contributed by atoms with Gasteiger partial charge >= 0.3 is 0 Å². The van der Waals surface area contributed by atoms with E-state index in [1.54, 1.807) is 18.8 Å². The van der Waals surface area contributed by atoms with Crippen LogP contribution < -0.4 is 10.6 Å². The fraction of sp³-hybridized carbons (Fsp3) is 0.333. The topological polar surface area (TPSA) is 54.0 Å². The quantitative estimate of drug-likeness (QED) is 0.795. The van der Waals surface area contributed by atoms with Gasteiger partial charge in [0.15, 0.2) is 0 Å². The third-order valence-electron chi connectivity index (χ3n) is 4.01. The molecule has 0 radical (unpaired) electrons. The van der Waals surface area contributed by atoms with Gasteiger partial charge in [0.2, 0.25) is 0 Å². The standard InChI is InChI=1S/C18H21N3OS/c1-19-18(22)15-9-10-16(13-5-7-14(23-2)8-6-13)21-17(15)20-11-12-3-4-12/h5-10,12H,3-4,11H2,1-2H3,(H,19,22)(H,20,21). The molecule has 1 aliphatic rings. The van der Waals surface area contributed by atoms with Crippen LogP contribution in [0.5, 0.6) is 0 Å². The number of nitrogens with zero attached hydrogens (tertiary/aromatic N) is 1. The van der Waals surface area contributed by atoms with E-state index in [0.717, 1.165) is 23.7 Å². The molecule has 1 saturated carbocycles. The van der Waals surface area contributed by atoms with Gasteiger partial charge in [0.25, 0.3) is 5.91 Å². The van der Waals surface area contributed by atoms with Gasteiger partial charge in [-0.25, -0.2) is 4.98 Å². The number of carbonyl (C=O) groups excluding carboxylic acids is 1. The van der Waals surface area contributed by atoms with Crippen LogP contribution in [0.2, 0.25) is 0 Å². The summed E-state index contributed by atoms with van der Waals surface area (Å²) in [6.45, 7) is 0.881. The van der Waals surface area contributed by atoms with Crippen LogP contribution in [0.4, 0.5) is 5.82 Å². The number of anilines is 1. The summed E-state index contributed by atoms with van der Waals surface area (Å²) < 4.78 is 0. The Balaban J connectivity index is 1.90. The molecule has 1 heterocycles. The molecule has 1 aromatic heterocycles. The number of benzene rings is 1. The smallest absolute Gasteiger partial charge is 0.254 e. The molecular formula is C18H21N3OS. The van der Waals surface area contributed by atoms with Crippen LogP contribution in [0.1, 0.15) is 23.2 Å². The summed E-state index contributed by atoms with van der Waals surface area (Å²) in [7, 11) is 1.64. The third-order valence-corrected chi connectivity index (χ3v) is 4.75. The number of rotatable bonds is 6. The van der Waals surface area contributed by atoms with Gasteiger partial charge in [0.1, 0.15) is 5.82 Å². The summed E-state index contributed by atoms with van der Waals surface area (Å²) >= 11 is 1.72. The SMILES string of the molecule is CNC(=O)c1ccc(-c2ccc(SC)cc2)nc1NCC1CC1. The Morgan fingerprint density at radius 1 is 1.22 bits per heavy atom. The van der Waals surface area contributed by atoms with Gasteiger partial charge in [-0.1, -0.05) is 12.1 Å². The Kier molecular flexibility index (Phi) is 4.86. The molecule has 1 aromatic carbocycles. The van der Waals surface area contributed by atoms with E-state index < -0.39 is 0 Å². The highest BCUT2D eigenvalue weighted by molar-refractivity contribution is 7.98. The zero-order chi connectivity index (χ0) is 16.2. The van der Waals surface area contributed by atoms with E-state index in [1.807, 2.05) is 12.1 Å². The van der Waals surface area contributed by atoms with E-state index in [1.165, 1.54) is 17.7 Å². The van der Waals surface area contributed by atoms with Crippen LogP contribution in [-0.4, -0.2) is 30.7 Å². The van der Waals surface area contributed by atoms with Gasteiger partial charge in [-0.3, -0.25) is 4.79 Å². The van der Waals surface area contributed by atoms with Gasteiger partial charge in [-0.05, 0) is 49.3 Å². The van der Waals surface area contributed by atoms with Gasteiger partial charge in [-0.15, -0.1) is 11.8 Å². The Labute approximate surface area is 141 Å². The van der Waals surface area contributed by atoms with Crippen molar-refractivity contribution in [3.63, 3.8) is 0 Å². The largest absolute Gasteiger partial charge is 0.369 e. The van der Waals surface area contributed by atoms with Crippen molar-refractivity contribution >= 4 is 23.5 Å². The van der Waals surface area contributed by atoms with Gasteiger partial charge in [0.05, 0.1) is 11.3 Å². The number of hydrogen-bond acceptors (Lipinski definition) is 4. The van der Waals surface area contributed by atoms with Crippen LogP contribution >= 0.6 is 11.8 Å². The zero-order valence-electron chi connectivity index (χ0n) is 13.4. The first-order valence-corrected chi connectivity index (χ1v) is 9.05. The van der Waals surface area contributed by atoms with E-state index in [4.69, 9.17) is 0 Å². The molecule has 1 amide bonds. The first-order valence-electron chi connectivity index (χ1n) is 7.82. The molecule has 3 rings (SSSR count). The molecule has 1 aliphatic carbocycles. The van der Waals surface area contributed by atoms with Gasteiger partial charge in [-0.2, -0.15) is 0 Å². The predicted molar refractivity (Wildman–Crippen MR) is 96.1 cm³/mol. The molecule has 23 heavy (non-hydrogen) atoms. The van der Waals surface area contributed by atoms with Crippen molar-refractivity contribution in [2.45, 2.75) is 17.7 Å². The zero-order valence-corrected chi connectivity index (χ0v) is 14.2. The van der Waals surface area contributed by atoms with E-state index in [2.05, 4.69) is 46.1 Å². The highest BCUT2D eigenvalue weighted by Gasteiger charge is 2.22. The summed E-state index contributed by atoms with van der Waals surface area (Å²) in [5, 5.41) is 6.02. The molecule has 0 unspecified atom stereocenters. The van der Waals surface area contributed by atoms with Crippen molar-refractivity contribution in [2.24, 2.45) is 5.92 Å². The molecule has 5 heteroatoms. The van der Waals surface area contributed by atoms with Crippen molar-refractivity contribution in [1.82, 2.24) is 10.3 Å². The number of amides is 1.